The van der Waals surface area contributed by atoms with E-state index < -0.39 is 0 Å². The van der Waals surface area contributed by atoms with Crippen LogP contribution in [-0.2, 0) is 0 Å². The molecular formula is C22H13BrCl2N4. The molecule has 4 aromatic heterocycles. The molecule has 4 heterocycles. The summed E-state index contributed by atoms with van der Waals surface area (Å²) < 4.78 is 0.973. The zero-order valence-corrected chi connectivity index (χ0v) is 18.0. The van der Waals surface area contributed by atoms with E-state index in [0.717, 1.165) is 58.1 Å². The molecule has 6 rings (SSSR count). The van der Waals surface area contributed by atoms with Crippen molar-refractivity contribution in [3.05, 3.63) is 81.8 Å². The predicted molar refractivity (Wildman–Crippen MR) is 125 cm³/mol. The summed E-state index contributed by atoms with van der Waals surface area (Å²) in [5.74, 6) is 0. The predicted octanol–water partition coefficient (Wildman–Crippen LogP) is 7.50. The summed E-state index contributed by atoms with van der Waals surface area (Å²) in [7, 11) is 0. The van der Waals surface area contributed by atoms with Crippen LogP contribution in [0.2, 0.25) is 10.0 Å². The maximum absolute atomic E-state index is 6.02. The third-order valence-corrected chi connectivity index (χ3v) is 5.87. The summed E-state index contributed by atoms with van der Waals surface area (Å²) in [6.07, 6.45) is 7.21. The number of pyridine rings is 2. The average Bonchev–Trinajstić information content (AvgIpc) is 3.27. The third kappa shape index (κ3) is 3.35. The van der Waals surface area contributed by atoms with Gasteiger partial charge < -0.3 is 9.97 Å². The van der Waals surface area contributed by atoms with Crippen molar-refractivity contribution in [3.63, 3.8) is 0 Å². The summed E-state index contributed by atoms with van der Waals surface area (Å²) in [6, 6.07) is 13.6. The van der Waals surface area contributed by atoms with Gasteiger partial charge in [-0.1, -0.05) is 23.2 Å². The molecule has 0 saturated carbocycles. The SMILES string of the molecule is Clc1cc(Br)c2[nH]c3cnccc3c2c1.Clc1ccc2[nH]c3cnccc3c2c1. The first-order valence-electron chi connectivity index (χ1n) is 8.81. The van der Waals surface area contributed by atoms with Crippen molar-refractivity contribution < 1.29 is 0 Å². The first kappa shape index (κ1) is 18.4. The van der Waals surface area contributed by atoms with Crippen LogP contribution in [0.5, 0.6) is 0 Å². The van der Waals surface area contributed by atoms with Crippen LogP contribution in [0.25, 0.3) is 43.6 Å². The molecule has 0 unspecified atom stereocenters. The van der Waals surface area contributed by atoms with Crippen molar-refractivity contribution in [3.8, 4) is 0 Å². The van der Waals surface area contributed by atoms with Crippen LogP contribution in [0.3, 0.4) is 0 Å². The first-order valence-corrected chi connectivity index (χ1v) is 10.4. The van der Waals surface area contributed by atoms with Gasteiger partial charge in [-0.2, -0.15) is 0 Å². The van der Waals surface area contributed by atoms with Crippen molar-refractivity contribution in [1.82, 2.24) is 19.9 Å². The third-order valence-electron chi connectivity index (χ3n) is 4.79. The number of nitrogens with zero attached hydrogens (tertiary/aromatic N) is 2. The van der Waals surface area contributed by atoms with E-state index in [1.165, 1.54) is 0 Å². The molecule has 6 aromatic rings. The summed E-state index contributed by atoms with van der Waals surface area (Å²) in [5, 5.41) is 6.06. The van der Waals surface area contributed by atoms with Gasteiger partial charge in [-0.15, -0.1) is 0 Å². The van der Waals surface area contributed by atoms with Gasteiger partial charge in [0, 0.05) is 54.0 Å². The van der Waals surface area contributed by atoms with E-state index in [0.29, 0.717) is 0 Å². The van der Waals surface area contributed by atoms with E-state index >= 15 is 0 Å². The Balaban J connectivity index is 0.000000125. The zero-order valence-electron chi connectivity index (χ0n) is 14.9. The molecule has 0 radical (unpaired) electrons. The molecule has 142 valence electrons. The molecule has 29 heavy (non-hydrogen) atoms. The van der Waals surface area contributed by atoms with Crippen molar-refractivity contribution in [1.29, 1.82) is 0 Å². The highest BCUT2D eigenvalue weighted by molar-refractivity contribution is 9.10. The fraction of sp³-hybridized carbons (Fsp3) is 0. The van der Waals surface area contributed by atoms with Crippen molar-refractivity contribution in [2.45, 2.75) is 0 Å². The van der Waals surface area contributed by atoms with E-state index in [1.807, 2.05) is 54.9 Å². The normalized spacial score (nSPS) is 11.3. The van der Waals surface area contributed by atoms with Gasteiger partial charge in [-0.3, -0.25) is 9.97 Å². The lowest BCUT2D eigenvalue weighted by molar-refractivity contribution is 1.35. The highest BCUT2D eigenvalue weighted by Crippen LogP contribution is 2.32. The number of hydrogen-bond acceptors (Lipinski definition) is 2. The molecule has 0 aliphatic rings. The van der Waals surface area contributed by atoms with E-state index in [-0.39, 0.29) is 0 Å². The van der Waals surface area contributed by atoms with E-state index in [1.54, 1.807) is 12.4 Å². The number of benzene rings is 2. The Morgan fingerprint density at radius 3 is 2.07 bits per heavy atom. The maximum Gasteiger partial charge on any atom is 0.0651 e. The largest absolute Gasteiger partial charge is 0.353 e. The molecule has 2 N–H and O–H groups in total. The van der Waals surface area contributed by atoms with Gasteiger partial charge in [0.2, 0.25) is 0 Å². The van der Waals surface area contributed by atoms with Gasteiger partial charge in [-0.05, 0) is 58.4 Å². The Hall–Kier alpha value is -2.60. The Labute approximate surface area is 184 Å². The van der Waals surface area contributed by atoms with E-state index in [9.17, 15) is 0 Å². The highest BCUT2D eigenvalue weighted by atomic mass is 79.9. The average molecular weight is 484 g/mol. The number of fused-ring (bicyclic) bond motifs is 6. The highest BCUT2D eigenvalue weighted by Gasteiger charge is 2.07. The van der Waals surface area contributed by atoms with E-state index in [2.05, 4.69) is 35.9 Å². The molecule has 0 bridgehead atoms. The maximum atomic E-state index is 6.02. The monoisotopic (exact) mass is 482 g/mol. The fourth-order valence-electron chi connectivity index (χ4n) is 3.50. The fourth-order valence-corrected chi connectivity index (χ4v) is 4.58. The minimum absolute atomic E-state index is 0.729. The molecule has 0 fully saturated rings. The second kappa shape index (κ2) is 7.34. The lowest BCUT2D eigenvalue weighted by Crippen LogP contribution is -1.71. The molecule has 0 amide bonds. The zero-order chi connectivity index (χ0) is 20.0. The molecule has 0 aliphatic carbocycles. The van der Waals surface area contributed by atoms with Crippen LogP contribution in [0, 0.1) is 0 Å². The van der Waals surface area contributed by atoms with Gasteiger partial charge in [0.05, 0.1) is 28.9 Å². The van der Waals surface area contributed by atoms with Crippen molar-refractivity contribution in [2.24, 2.45) is 0 Å². The molecule has 4 nitrogen and oxygen atoms in total. The van der Waals surface area contributed by atoms with Crippen molar-refractivity contribution >= 4 is 82.7 Å². The minimum Gasteiger partial charge on any atom is -0.353 e. The van der Waals surface area contributed by atoms with Crippen LogP contribution >= 0.6 is 39.1 Å². The van der Waals surface area contributed by atoms with Crippen LogP contribution in [0.4, 0.5) is 0 Å². The van der Waals surface area contributed by atoms with Gasteiger partial charge in [0.15, 0.2) is 0 Å². The molecule has 0 saturated heterocycles. The van der Waals surface area contributed by atoms with Crippen molar-refractivity contribution in [2.75, 3.05) is 0 Å². The Kier molecular flexibility index (Phi) is 4.66. The topological polar surface area (TPSA) is 57.4 Å². The number of nitrogens with one attached hydrogen (secondary N) is 2. The van der Waals surface area contributed by atoms with Gasteiger partial charge in [0.1, 0.15) is 0 Å². The molecule has 0 spiro atoms. The van der Waals surface area contributed by atoms with Crippen LogP contribution in [0.15, 0.2) is 71.7 Å². The number of halogens is 3. The number of aromatic amines is 2. The smallest absolute Gasteiger partial charge is 0.0651 e. The Bertz CT molecular complexity index is 1500. The number of rotatable bonds is 0. The van der Waals surface area contributed by atoms with Gasteiger partial charge in [0.25, 0.3) is 0 Å². The molecular weight excluding hydrogens is 471 g/mol. The first-order chi connectivity index (χ1) is 14.1. The summed E-state index contributed by atoms with van der Waals surface area (Å²) in [4.78, 5) is 14.7. The summed E-state index contributed by atoms with van der Waals surface area (Å²) >= 11 is 15.5. The number of aromatic nitrogens is 4. The Morgan fingerprint density at radius 2 is 1.31 bits per heavy atom. The standard InChI is InChI=1S/C11H6BrClN2.C11H7ClN2/c12-9-4-6(13)3-8-7-1-2-14-5-10(7)15-11(8)9;12-7-1-2-10-9(5-7)8-3-4-13-6-11(8)14-10/h1-5,15H;1-6,14H. The van der Waals surface area contributed by atoms with Gasteiger partial charge in [-0.25, -0.2) is 0 Å². The lowest BCUT2D eigenvalue weighted by atomic mass is 10.2. The van der Waals surface area contributed by atoms with E-state index in [4.69, 9.17) is 23.2 Å². The second-order valence-electron chi connectivity index (χ2n) is 6.59. The van der Waals surface area contributed by atoms with Crippen LogP contribution < -0.4 is 0 Å². The molecule has 0 atom stereocenters. The molecule has 0 aliphatic heterocycles. The lowest BCUT2D eigenvalue weighted by Gasteiger charge is -1.95. The number of H-pyrrole nitrogens is 2. The second-order valence-corrected chi connectivity index (χ2v) is 8.32. The number of hydrogen-bond donors (Lipinski definition) is 2. The van der Waals surface area contributed by atoms with Crippen LogP contribution in [-0.4, -0.2) is 19.9 Å². The minimum atomic E-state index is 0.729. The molecule has 7 heteroatoms. The summed E-state index contributed by atoms with van der Waals surface area (Å²) in [6.45, 7) is 0. The van der Waals surface area contributed by atoms with Crippen LogP contribution in [0.1, 0.15) is 0 Å². The van der Waals surface area contributed by atoms with Gasteiger partial charge >= 0.3 is 0 Å². The Morgan fingerprint density at radius 1 is 0.655 bits per heavy atom. The molecule has 2 aromatic carbocycles. The summed E-state index contributed by atoms with van der Waals surface area (Å²) in [5.41, 5.74) is 4.22. The quantitative estimate of drug-likeness (QED) is 0.235.